The van der Waals surface area contributed by atoms with Crippen molar-refractivity contribution in [3.8, 4) is 12.3 Å². The zero-order valence-electron chi connectivity index (χ0n) is 12.4. The predicted octanol–water partition coefficient (Wildman–Crippen LogP) is 2.64. The van der Waals surface area contributed by atoms with Gasteiger partial charge in [-0.2, -0.15) is 0 Å². The number of allylic oxidation sites excluding steroid dienone is 3. The molecule has 0 aromatic heterocycles. The molecule has 114 valence electrons. The lowest BCUT2D eigenvalue weighted by atomic mass is 9.80. The molecule has 0 amide bonds. The first-order chi connectivity index (χ1) is 10.2. The molecule has 0 saturated heterocycles. The number of hydrogen-bond acceptors (Lipinski definition) is 4. The van der Waals surface area contributed by atoms with Crippen LogP contribution in [-0.4, -0.2) is 25.2 Å². The van der Waals surface area contributed by atoms with E-state index in [1.54, 1.807) is 6.08 Å². The van der Waals surface area contributed by atoms with E-state index in [1.165, 1.54) is 0 Å². The fourth-order valence-electron chi connectivity index (χ4n) is 2.42. The summed E-state index contributed by atoms with van der Waals surface area (Å²) in [4.78, 5) is 23.1. The van der Waals surface area contributed by atoms with Crippen LogP contribution in [0, 0.1) is 24.2 Å². The quantitative estimate of drug-likeness (QED) is 0.326. The Hall–Kier alpha value is -2.02. The van der Waals surface area contributed by atoms with E-state index in [4.69, 9.17) is 15.9 Å². The van der Waals surface area contributed by atoms with Gasteiger partial charge in [0.05, 0.1) is 12.5 Å². The summed E-state index contributed by atoms with van der Waals surface area (Å²) in [6.07, 6.45) is 16.0. The maximum absolute atomic E-state index is 12.1. The van der Waals surface area contributed by atoms with Crippen LogP contribution in [-0.2, 0) is 19.1 Å². The average Bonchev–Trinajstić information content (AvgIpc) is 2.52. The van der Waals surface area contributed by atoms with Crippen molar-refractivity contribution in [1.29, 1.82) is 0 Å². The highest BCUT2D eigenvalue weighted by Gasteiger charge is 2.32. The van der Waals surface area contributed by atoms with Crippen molar-refractivity contribution in [2.24, 2.45) is 11.8 Å². The van der Waals surface area contributed by atoms with E-state index in [2.05, 4.69) is 0 Å². The van der Waals surface area contributed by atoms with Crippen molar-refractivity contribution >= 4 is 11.9 Å². The molecule has 1 rings (SSSR count). The van der Waals surface area contributed by atoms with Crippen molar-refractivity contribution in [3.63, 3.8) is 0 Å². The van der Waals surface area contributed by atoms with Gasteiger partial charge >= 0.3 is 11.9 Å². The van der Waals surface area contributed by atoms with Crippen molar-refractivity contribution in [1.82, 2.24) is 0 Å². The molecule has 21 heavy (non-hydrogen) atoms. The number of rotatable bonds is 6. The fourth-order valence-corrected chi connectivity index (χ4v) is 2.42. The molecule has 0 heterocycles. The zero-order chi connectivity index (χ0) is 15.5. The maximum Gasteiger partial charge on any atom is 0.384 e. The Bertz CT molecular complexity index is 442. The number of carbonyl (C=O) groups is 2. The Morgan fingerprint density at radius 2 is 2.00 bits per heavy atom. The maximum atomic E-state index is 12.1. The highest BCUT2D eigenvalue weighted by molar-refractivity contribution is 5.87. The second kappa shape index (κ2) is 9.82. The van der Waals surface area contributed by atoms with Gasteiger partial charge in [0, 0.05) is 11.8 Å². The number of hydrogen-bond donors (Lipinski definition) is 0. The minimum atomic E-state index is -0.679. The topological polar surface area (TPSA) is 52.6 Å². The minimum absolute atomic E-state index is 0.00284. The third-order valence-electron chi connectivity index (χ3n) is 3.52. The summed E-state index contributed by atoms with van der Waals surface area (Å²) in [5, 5.41) is 0. The summed E-state index contributed by atoms with van der Waals surface area (Å²) in [5.74, 6) is 0.804. The first-order valence-corrected chi connectivity index (χ1v) is 7.26. The molecule has 4 nitrogen and oxygen atoms in total. The summed E-state index contributed by atoms with van der Waals surface area (Å²) in [5.41, 5.74) is 0. The summed E-state index contributed by atoms with van der Waals surface area (Å²) in [6.45, 7) is 2.37. The molecule has 1 aliphatic rings. The Labute approximate surface area is 126 Å². The van der Waals surface area contributed by atoms with Crippen LogP contribution in [0.15, 0.2) is 24.3 Å². The first kappa shape index (κ1) is 17.0. The number of ether oxygens (including phenoxy) is 2. The van der Waals surface area contributed by atoms with Gasteiger partial charge in [0.2, 0.25) is 0 Å². The lowest BCUT2D eigenvalue weighted by Crippen LogP contribution is -2.32. The van der Waals surface area contributed by atoms with Gasteiger partial charge in [0.15, 0.2) is 0 Å². The molecule has 2 atom stereocenters. The summed E-state index contributed by atoms with van der Waals surface area (Å²) in [6, 6.07) is 0. The molecule has 0 N–H and O–H groups in total. The minimum Gasteiger partial charge on any atom is -0.461 e. The van der Waals surface area contributed by atoms with E-state index in [0.29, 0.717) is 0 Å². The second-order valence-electron chi connectivity index (χ2n) is 4.98. The van der Waals surface area contributed by atoms with E-state index in [0.717, 1.165) is 25.7 Å². The normalized spacial score (nSPS) is 22.1. The van der Waals surface area contributed by atoms with E-state index in [-0.39, 0.29) is 31.0 Å². The van der Waals surface area contributed by atoms with Gasteiger partial charge in [0.1, 0.15) is 6.61 Å². The second-order valence-corrected chi connectivity index (χ2v) is 4.98. The molecular weight excluding hydrogens is 268 g/mol. The van der Waals surface area contributed by atoms with Crippen LogP contribution in [0.4, 0.5) is 0 Å². The number of esters is 2. The SMILES string of the molecule is C#CC(=O)OC[C@H]1CCCC[C@@H]1C(=O)OC/C=C/C=C/C. The van der Waals surface area contributed by atoms with E-state index >= 15 is 0 Å². The number of terminal acetylenes is 1. The average molecular weight is 290 g/mol. The van der Waals surface area contributed by atoms with Crippen LogP contribution in [0.3, 0.4) is 0 Å². The van der Waals surface area contributed by atoms with Crippen LogP contribution in [0.1, 0.15) is 32.6 Å². The molecular formula is C17H22O4. The summed E-state index contributed by atoms with van der Waals surface area (Å²) in [7, 11) is 0. The van der Waals surface area contributed by atoms with Crippen LogP contribution < -0.4 is 0 Å². The molecule has 0 aliphatic heterocycles. The Kier molecular flexibility index (Phi) is 7.96. The van der Waals surface area contributed by atoms with Crippen LogP contribution in [0.5, 0.6) is 0 Å². The van der Waals surface area contributed by atoms with Gasteiger partial charge in [-0.3, -0.25) is 4.79 Å². The van der Waals surface area contributed by atoms with Crippen molar-refractivity contribution in [2.45, 2.75) is 32.6 Å². The highest BCUT2D eigenvalue weighted by Crippen LogP contribution is 2.31. The molecule has 1 fully saturated rings. The molecule has 0 aromatic rings. The van der Waals surface area contributed by atoms with Crippen LogP contribution >= 0.6 is 0 Å². The molecule has 4 heteroatoms. The van der Waals surface area contributed by atoms with Crippen molar-refractivity contribution in [2.75, 3.05) is 13.2 Å². The van der Waals surface area contributed by atoms with E-state index < -0.39 is 5.97 Å². The molecule has 0 aromatic carbocycles. The Balaban J connectivity index is 2.46. The molecule has 1 saturated carbocycles. The summed E-state index contributed by atoms with van der Waals surface area (Å²) >= 11 is 0. The van der Waals surface area contributed by atoms with Crippen molar-refractivity contribution < 1.29 is 19.1 Å². The van der Waals surface area contributed by atoms with E-state index in [1.807, 2.05) is 31.1 Å². The molecule has 0 spiro atoms. The van der Waals surface area contributed by atoms with Gasteiger partial charge in [-0.25, -0.2) is 4.79 Å². The lowest BCUT2D eigenvalue weighted by Gasteiger charge is -2.29. The highest BCUT2D eigenvalue weighted by atomic mass is 16.5. The fraction of sp³-hybridized carbons (Fsp3) is 0.529. The molecule has 1 aliphatic carbocycles. The Morgan fingerprint density at radius 1 is 1.24 bits per heavy atom. The zero-order valence-corrected chi connectivity index (χ0v) is 12.4. The molecule has 0 unspecified atom stereocenters. The third kappa shape index (κ3) is 6.31. The van der Waals surface area contributed by atoms with Crippen LogP contribution in [0.2, 0.25) is 0 Å². The smallest absolute Gasteiger partial charge is 0.384 e. The Morgan fingerprint density at radius 3 is 2.71 bits per heavy atom. The van der Waals surface area contributed by atoms with Gasteiger partial charge in [-0.1, -0.05) is 31.1 Å². The standard InChI is InChI=1S/C17H22O4/c1-3-5-6-9-12-20-17(19)15-11-8-7-10-14(15)13-21-16(18)4-2/h2-3,5-6,9,14-15H,7-8,10-13H2,1H3/b5-3+,9-6+/t14-,15+/m1/s1. The van der Waals surface area contributed by atoms with Gasteiger partial charge in [-0.05, 0) is 25.8 Å². The summed E-state index contributed by atoms with van der Waals surface area (Å²) < 4.78 is 10.2. The largest absolute Gasteiger partial charge is 0.461 e. The van der Waals surface area contributed by atoms with Crippen molar-refractivity contribution in [3.05, 3.63) is 24.3 Å². The van der Waals surface area contributed by atoms with Gasteiger partial charge < -0.3 is 9.47 Å². The number of carbonyl (C=O) groups excluding carboxylic acids is 2. The first-order valence-electron chi connectivity index (χ1n) is 7.26. The molecule has 0 bridgehead atoms. The predicted molar refractivity (Wildman–Crippen MR) is 80.2 cm³/mol. The monoisotopic (exact) mass is 290 g/mol. The lowest BCUT2D eigenvalue weighted by molar-refractivity contribution is -0.154. The van der Waals surface area contributed by atoms with E-state index in [9.17, 15) is 9.59 Å². The van der Waals surface area contributed by atoms with Crippen LogP contribution in [0.25, 0.3) is 0 Å². The molecule has 0 radical (unpaired) electrons. The van der Waals surface area contributed by atoms with Gasteiger partial charge in [-0.15, -0.1) is 6.42 Å². The third-order valence-corrected chi connectivity index (χ3v) is 3.52. The van der Waals surface area contributed by atoms with Gasteiger partial charge in [0.25, 0.3) is 0 Å².